The van der Waals surface area contributed by atoms with Gasteiger partial charge in [0.15, 0.2) is 11.6 Å². The zero-order valence-corrected chi connectivity index (χ0v) is 7.28. The lowest BCUT2D eigenvalue weighted by atomic mass is 10.1. The van der Waals surface area contributed by atoms with Gasteiger partial charge in [0.05, 0.1) is 0 Å². The van der Waals surface area contributed by atoms with Gasteiger partial charge >= 0.3 is 0 Å². The molecule has 0 saturated carbocycles. The van der Waals surface area contributed by atoms with Crippen LogP contribution in [0.5, 0.6) is 0 Å². The van der Waals surface area contributed by atoms with E-state index in [-0.39, 0.29) is 5.56 Å². The van der Waals surface area contributed by atoms with Crippen LogP contribution < -0.4 is 0 Å². The molecule has 1 radical (unpaired) electrons. The lowest BCUT2D eigenvalue weighted by Gasteiger charge is -2.02. The monoisotopic (exact) mass is 187 g/mol. The average Bonchev–Trinajstić information content (AvgIpc) is 2.09. The second-order valence-electron chi connectivity index (χ2n) is 2.76. The van der Waals surface area contributed by atoms with Crippen LogP contribution in [-0.4, -0.2) is 0 Å². The molecule has 0 N–H and O–H groups in total. The van der Waals surface area contributed by atoms with Gasteiger partial charge in [-0.05, 0) is 24.5 Å². The summed E-state index contributed by atoms with van der Waals surface area (Å²) in [5.41, 5.74) is 0.195. The highest BCUT2D eigenvalue weighted by Crippen LogP contribution is 2.15. The quantitative estimate of drug-likeness (QED) is 0.637. The summed E-state index contributed by atoms with van der Waals surface area (Å²) >= 11 is 0. The van der Waals surface area contributed by atoms with Crippen LogP contribution in [0.25, 0.3) is 0 Å². The van der Waals surface area contributed by atoms with Crippen LogP contribution in [0.4, 0.5) is 13.2 Å². The third-order valence-electron chi connectivity index (χ3n) is 1.74. The first-order chi connectivity index (χ1) is 6.15. The van der Waals surface area contributed by atoms with Crippen molar-refractivity contribution in [2.75, 3.05) is 0 Å². The Bertz CT molecular complexity index is 294. The second kappa shape index (κ2) is 4.30. The zero-order chi connectivity index (χ0) is 9.84. The van der Waals surface area contributed by atoms with Crippen molar-refractivity contribution in [1.82, 2.24) is 0 Å². The zero-order valence-electron chi connectivity index (χ0n) is 7.28. The van der Waals surface area contributed by atoms with Crippen LogP contribution in [0, 0.1) is 23.9 Å². The lowest BCUT2D eigenvalue weighted by Crippen LogP contribution is -1.95. The molecular formula is C10H10F3. The smallest absolute Gasteiger partial charge is 0.161 e. The van der Waals surface area contributed by atoms with Crippen LogP contribution in [0.15, 0.2) is 12.1 Å². The molecular weight excluding hydrogens is 177 g/mol. The molecule has 1 rings (SSSR count). The van der Waals surface area contributed by atoms with Crippen molar-refractivity contribution in [1.29, 1.82) is 0 Å². The van der Waals surface area contributed by atoms with Gasteiger partial charge in [-0.25, -0.2) is 13.2 Å². The molecule has 0 saturated heterocycles. The van der Waals surface area contributed by atoms with Crippen molar-refractivity contribution in [3.05, 3.63) is 41.6 Å². The molecule has 0 aromatic heterocycles. The third kappa shape index (κ3) is 2.47. The second-order valence-corrected chi connectivity index (χ2v) is 2.76. The molecule has 0 bridgehead atoms. The minimum Gasteiger partial charge on any atom is -0.207 e. The Balaban J connectivity index is 2.88. The van der Waals surface area contributed by atoms with E-state index in [0.717, 1.165) is 12.5 Å². The molecule has 0 nitrogen and oxygen atoms in total. The first-order valence-electron chi connectivity index (χ1n) is 4.10. The third-order valence-corrected chi connectivity index (χ3v) is 1.74. The van der Waals surface area contributed by atoms with E-state index in [2.05, 4.69) is 0 Å². The molecule has 0 spiro atoms. The summed E-state index contributed by atoms with van der Waals surface area (Å²) in [6.45, 7) is 1.90. The summed E-state index contributed by atoms with van der Waals surface area (Å²) in [6, 6.07) is 1.48. The van der Waals surface area contributed by atoms with Gasteiger partial charge in [0.25, 0.3) is 0 Å². The van der Waals surface area contributed by atoms with Gasteiger partial charge in [-0.15, -0.1) is 0 Å². The predicted molar refractivity (Wildman–Crippen MR) is 44.6 cm³/mol. The largest absolute Gasteiger partial charge is 0.207 e. The number of halogens is 3. The molecule has 71 valence electrons. The number of hydrogen-bond acceptors (Lipinski definition) is 0. The minimum absolute atomic E-state index is 0.195. The summed E-state index contributed by atoms with van der Waals surface area (Å²) in [5, 5.41) is 0. The number of benzene rings is 1. The van der Waals surface area contributed by atoms with E-state index >= 15 is 0 Å². The van der Waals surface area contributed by atoms with Gasteiger partial charge in [0.1, 0.15) is 5.82 Å². The van der Waals surface area contributed by atoms with Crippen LogP contribution in [0.1, 0.15) is 18.9 Å². The van der Waals surface area contributed by atoms with Gasteiger partial charge in [-0.1, -0.05) is 13.3 Å². The van der Waals surface area contributed by atoms with Crippen molar-refractivity contribution >= 4 is 0 Å². The van der Waals surface area contributed by atoms with Crippen molar-refractivity contribution in [3.8, 4) is 0 Å². The normalized spacial score (nSPS) is 10.5. The topological polar surface area (TPSA) is 0 Å². The van der Waals surface area contributed by atoms with E-state index in [0.29, 0.717) is 12.5 Å². The average molecular weight is 187 g/mol. The summed E-state index contributed by atoms with van der Waals surface area (Å²) in [5.74, 6) is -2.83. The van der Waals surface area contributed by atoms with E-state index < -0.39 is 17.5 Å². The Morgan fingerprint density at radius 3 is 2.31 bits per heavy atom. The Morgan fingerprint density at radius 2 is 1.69 bits per heavy atom. The first-order valence-corrected chi connectivity index (χ1v) is 4.10. The fourth-order valence-corrected chi connectivity index (χ4v) is 1.02. The summed E-state index contributed by atoms with van der Waals surface area (Å²) in [6.07, 6.45) is 2.91. The van der Waals surface area contributed by atoms with Crippen LogP contribution >= 0.6 is 0 Å². The van der Waals surface area contributed by atoms with Crippen LogP contribution in [0.3, 0.4) is 0 Å². The van der Waals surface area contributed by atoms with Crippen LogP contribution in [0.2, 0.25) is 0 Å². The highest BCUT2D eigenvalue weighted by molar-refractivity contribution is 5.21. The molecule has 0 fully saturated rings. The molecule has 13 heavy (non-hydrogen) atoms. The molecule has 1 aromatic rings. The highest BCUT2D eigenvalue weighted by atomic mass is 19.2. The molecule has 0 atom stereocenters. The van der Waals surface area contributed by atoms with Crippen LogP contribution in [-0.2, 0) is 6.42 Å². The lowest BCUT2D eigenvalue weighted by molar-refractivity contribution is 0.490. The highest BCUT2D eigenvalue weighted by Gasteiger charge is 2.08. The van der Waals surface area contributed by atoms with Gasteiger partial charge in [-0.2, -0.15) is 0 Å². The molecule has 3 heteroatoms. The Morgan fingerprint density at radius 1 is 1.08 bits per heavy atom. The molecule has 0 aliphatic carbocycles. The van der Waals surface area contributed by atoms with Crippen molar-refractivity contribution in [2.45, 2.75) is 19.8 Å². The van der Waals surface area contributed by atoms with E-state index in [1.807, 2.05) is 6.92 Å². The number of unbranched alkanes of at least 4 members (excludes halogenated alkanes) is 1. The summed E-state index contributed by atoms with van der Waals surface area (Å²) < 4.78 is 38.0. The Hall–Kier alpha value is -0.990. The summed E-state index contributed by atoms with van der Waals surface area (Å²) in [4.78, 5) is 0. The Kier molecular flexibility index (Phi) is 3.34. The fourth-order valence-electron chi connectivity index (χ4n) is 1.02. The van der Waals surface area contributed by atoms with E-state index in [1.165, 1.54) is 0 Å². The molecule has 0 unspecified atom stereocenters. The van der Waals surface area contributed by atoms with E-state index in [9.17, 15) is 13.2 Å². The van der Waals surface area contributed by atoms with Gasteiger partial charge < -0.3 is 0 Å². The van der Waals surface area contributed by atoms with Crippen molar-refractivity contribution in [3.63, 3.8) is 0 Å². The minimum atomic E-state index is -1.14. The molecule has 1 aromatic carbocycles. The first kappa shape index (κ1) is 10.1. The molecule has 0 amide bonds. The molecule has 0 heterocycles. The maximum Gasteiger partial charge on any atom is 0.161 e. The molecule has 0 aliphatic heterocycles. The van der Waals surface area contributed by atoms with Crippen molar-refractivity contribution in [2.24, 2.45) is 0 Å². The van der Waals surface area contributed by atoms with Gasteiger partial charge in [0, 0.05) is 6.07 Å². The maximum atomic E-state index is 12.9. The van der Waals surface area contributed by atoms with E-state index in [1.54, 1.807) is 6.42 Å². The Labute approximate surface area is 75.4 Å². The fraction of sp³-hybridized carbons (Fsp3) is 0.300. The summed E-state index contributed by atoms with van der Waals surface area (Å²) in [7, 11) is 0. The maximum absolute atomic E-state index is 12.9. The standard InChI is InChI=1S/C10H10F3/c1-2-3-4-7-5-9(12)10(13)6-8(7)11/h3,5-6H,2,4H2,1H3. The number of rotatable bonds is 3. The van der Waals surface area contributed by atoms with E-state index in [4.69, 9.17) is 0 Å². The van der Waals surface area contributed by atoms with Gasteiger partial charge in [-0.3, -0.25) is 0 Å². The van der Waals surface area contributed by atoms with Crippen molar-refractivity contribution < 1.29 is 13.2 Å². The SMILES string of the molecule is CC[CH]Cc1cc(F)c(F)cc1F. The predicted octanol–water partition coefficient (Wildman–Crippen LogP) is 3.26. The molecule has 0 aliphatic rings. The van der Waals surface area contributed by atoms with Gasteiger partial charge in [0.2, 0.25) is 0 Å². The number of hydrogen-bond donors (Lipinski definition) is 0.